The zero-order chi connectivity index (χ0) is 9.80. The summed E-state index contributed by atoms with van der Waals surface area (Å²) in [4.78, 5) is 5.59. The maximum Gasteiger partial charge on any atom is 0.150 e. The number of aryl methyl sites for hydroxylation is 1. The van der Waals surface area contributed by atoms with Gasteiger partial charge in [0, 0.05) is 16.8 Å². The third-order valence-corrected chi connectivity index (χ3v) is 3.95. The van der Waals surface area contributed by atoms with Crippen LogP contribution in [0.1, 0.15) is 10.4 Å². The number of benzene rings is 1. The van der Waals surface area contributed by atoms with Crippen LogP contribution in [0.5, 0.6) is 0 Å². The van der Waals surface area contributed by atoms with Gasteiger partial charge in [-0.05, 0) is 12.5 Å². The summed E-state index contributed by atoms with van der Waals surface area (Å²) < 4.78 is 1.16. The monoisotopic (exact) mass is 221 g/mol. The maximum absolute atomic E-state index is 4.31. The zero-order valence-electron chi connectivity index (χ0n) is 7.93. The van der Waals surface area contributed by atoms with Crippen molar-refractivity contribution in [1.29, 1.82) is 0 Å². The Morgan fingerprint density at radius 2 is 2.07 bits per heavy atom. The van der Waals surface area contributed by atoms with Crippen molar-refractivity contribution in [1.82, 2.24) is 4.98 Å². The molecule has 3 heteroatoms. The van der Waals surface area contributed by atoms with Crippen LogP contribution in [-0.2, 0) is 5.75 Å². The number of hydrogen-bond acceptors (Lipinski definition) is 3. The molecule has 1 nitrogen and oxygen atoms in total. The molecule has 0 amide bonds. The topological polar surface area (TPSA) is 12.9 Å². The molecule has 0 bridgehead atoms. The number of thiazole rings is 1. The van der Waals surface area contributed by atoms with E-state index in [4.69, 9.17) is 0 Å². The third kappa shape index (κ3) is 2.59. The molecule has 2 rings (SSSR count). The van der Waals surface area contributed by atoms with Crippen molar-refractivity contribution in [2.24, 2.45) is 0 Å². The van der Waals surface area contributed by atoms with Crippen molar-refractivity contribution >= 4 is 23.1 Å². The molecule has 14 heavy (non-hydrogen) atoms. The highest BCUT2D eigenvalue weighted by Crippen LogP contribution is 2.26. The van der Waals surface area contributed by atoms with Gasteiger partial charge in [0.2, 0.25) is 0 Å². The lowest BCUT2D eigenvalue weighted by Gasteiger charge is -1.97. The van der Waals surface area contributed by atoms with Crippen LogP contribution in [0.4, 0.5) is 0 Å². The number of hydrogen-bond donors (Lipinski definition) is 0. The van der Waals surface area contributed by atoms with Crippen molar-refractivity contribution in [2.75, 3.05) is 0 Å². The van der Waals surface area contributed by atoms with Gasteiger partial charge in [0.1, 0.15) is 4.34 Å². The average molecular weight is 221 g/mol. The highest BCUT2D eigenvalue weighted by Gasteiger charge is 1.99. The highest BCUT2D eigenvalue weighted by atomic mass is 32.2. The van der Waals surface area contributed by atoms with Gasteiger partial charge in [0.05, 0.1) is 0 Å². The first-order chi connectivity index (χ1) is 6.84. The van der Waals surface area contributed by atoms with Gasteiger partial charge in [-0.3, -0.25) is 0 Å². The normalized spacial score (nSPS) is 10.4. The molecular formula is C11H11NS2. The molecule has 1 aromatic heterocycles. The van der Waals surface area contributed by atoms with Crippen molar-refractivity contribution in [3.63, 3.8) is 0 Å². The van der Waals surface area contributed by atoms with E-state index in [1.165, 1.54) is 10.4 Å². The summed E-state index contributed by atoms with van der Waals surface area (Å²) in [6.07, 6.45) is 1.93. The fourth-order valence-electron chi connectivity index (χ4n) is 1.12. The number of thioether (sulfide) groups is 1. The second-order valence-electron chi connectivity index (χ2n) is 3.01. The van der Waals surface area contributed by atoms with E-state index in [-0.39, 0.29) is 0 Å². The molecule has 1 aromatic carbocycles. The zero-order valence-corrected chi connectivity index (χ0v) is 9.57. The molecule has 72 valence electrons. The molecule has 0 radical (unpaired) electrons. The Kier molecular flexibility index (Phi) is 3.22. The van der Waals surface area contributed by atoms with Gasteiger partial charge in [-0.15, -0.1) is 11.3 Å². The Labute approximate surface area is 92.2 Å². The van der Waals surface area contributed by atoms with Crippen LogP contribution < -0.4 is 0 Å². The number of aromatic nitrogens is 1. The van der Waals surface area contributed by atoms with Crippen LogP contribution in [0, 0.1) is 6.92 Å². The fraction of sp³-hybridized carbons (Fsp3) is 0.182. The van der Waals surface area contributed by atoms with Crippen molar-refractivity contribution in [3.8, 4) is 0 Å². The van der Waals surface area contributed by atoms with Gasteiger partial charge < -0.3 is 0 Å². The van der Waals surface area contributed by atoms with Gasteiger partial charge in [0.15, 0.2) is 0 Å². The second kappa shape index (κ2) is 4.62. The molecule has 1 heterocycles. The van der Waals surface area contributed by atoms with Crippen molar-refractivity contribution in [3.05, 3.63) is 47.0 Å². The molecule has 0 aliphatic carbocycles. The maximum atomic E-state index is 4.31. The number of nitrogens with zero attached hydrogens (tertiary/aromatic N) is 1. The first-order valence-electron chi connectivity index (χ1n) is 4.44. The van der Waals surface area contributed by atoms with Crippen LogP contribution in [0.25, 0.3) is 0 Å². The third-order valence-electron chi connectivity index (χ3n) is 1.81. The average Bonchev–Trinajstić information content (AvgIpc) is 2.63. The van der Waals surface area contributed by atoms with Gasteiger partial charge in [0.25, 0.3) is 0 Å². The molecule has 0 saturated carbocycles. The Hall–Kier alpha value is -0.800. The lowest BCUT2D eigenvalue weighted by molar-refractivity contribution is 1.23. The summed E-state index contributed by atoms with van der Waals surface area (Å²) in [6, 6.07) is 10.5. The first-order valence-corrected chi connectivity index (χ1v) is 6.24. The molecule has 0 N–H and O–H groups in total. The molecule has 0 fully saturated rings. The van der Waals surface area contributed by atoms with E-state index in [1.807, 2.05) is 12.3 Å². The molecule has 0 saturated heterocycles. The predicted octanol–water partition coefficient (Wildman–Crippen LogP) is 3.74. The summed E-state index contributed by atoms with van der Waals surface area (Å²) in [6.45, 7) is 2.09. The van der Waals surface area contributed by atoms with E-state index < -0.39 is 0 Å². The minimum Gasteiger partial charge on any atom is -0.238 e. The highest BCUT2D eigenvalue weighted by molar-refractivity contribution is 8.00. The molecule has 0 aliphatic heterocycles. The Balaban J connectivity index is 1.95. The van der Waals surface area contributed by atoms with Crippen molar-refractivity contribution < 1.29 is 0 Å². The van der Waals surface area contributed by atoms with E-state index in [0.29, 0.717) is 0 Å². The van der Waals surface area contributed by atoms with E-state index in [2.05, 4.69) is 36.2 Å². The molecular weight excluding hydrogens is 210 g/mol. The fourth-order valence-corrected chi connectivity index (χ4v) is 3.02. The first kappa shape index (κ1) is 9.74. The Bertz CT molecular complexity index is 395. The summed E-state index contributed by atoms with van der Waals surface area (Å²) in [5.74, 6) is 1.01. The van der Waals surface area contributed by atoms with Gasteiger partial charge in [-0.25, -0.2) is 4.98 Å². The lowest BCUT2D eigenvalue weighted by atomic mass is 10.2. The minimum atomic E-state index is 1.01. The van der Waals surface area contributed by atoms with E-state index in [0.717, 1.165) is 10.1 Å². The van der Waals surface area contributed by atoms with Crippen LogP contribution in [-0.4, -0.2) is 4.98 Å². The SMILES string of the molecule is Cc1cnc(SCc2ccccc2)s1. The quantitative estimate of drug-likeness (QED) is 0.732. The number of rotatable bonds is 3. The van der Waals surface area contributed by atoms with Gasteiger partial charge in [-0.1, -0.05) is 42.1 Å². The van der Waals surface area contributed by atoms with E-state index in [1.54, 1.807) is 23.1 Å². The summed E-state index contributed by atoms with van der Waals surface area (Å²) in [5, 5.41) is 0. The Morgan fingerprint density at radius 3 is 2.71 bits per heavy atom. The Morgan fingerprint density at radius 1 is 1.29 bits per heavy atom. The summed E-state index contributed by atoms with van der Waals surface area (Å²) >= 11 is 3.56. The standard InChI is InChI=1S/C11H11NS2/c1-9-7-12-11(14-9)13-8-10-5-3-2-4-6-10/h2-7H,8H2,1H3. The van der Waals surface area contributed by atoms with Crippen LogP contribution in [0.2, 0.25) is 0 Å². The molecule has 2 aromatic rings. The molecule has 0 atom stereocenters. The van der Waals surface area contributed by atoms with Crippen LogP contribution >= 0.6 is 23.1 Å². The van der Waals surface area contributed by atoms with Crippen molar-refractivity contribution in [2.45, 2.75) is 17.0 Å². The lowest BCUT2D eigenvalue weighted by Crippen LogP contribution is -1.77. The minimum absolute atomic E-state index is 1.01. The largest absolute Gasteiger partial charge is 0.238 e. The molecule has 0 unspecified atom stereocenters. The molecule has 0 aliphatic rings. The predicted molar refractivity (Wildman–Crippen MR) is 62.9 cm³/mol. The summed E-state index contributed by atoms with van der Waals surface area (Å²) in [5.41, 5.74) is 1.35. The smallest absolute Gasteiger partial charge is 0.150 e. The van der Waals surface area contributed by atoms with E-state index >= 15 is 0 Å². The molecule has 0 spiro atoms. The van der Waals surface area contributed by atoms with E-state index in [9.17, 15) is 0 Å². The van der Waals surface area contributed by atoms with Crippen LogP contribution in [0.15, 0.2) is 40.9 Å². The van der Waals surface area contributed by atoms with Crippen LogP contribution in [0.3, 0.4) is 0 Å². The summed E-state index contributed by atoms with van der Waals surface area (Å²) in [7, 11) is 0. The van der Waals surface area contributed by atoms with Gasteiger partial charge in [-0.2, -0.15) is 0 Å². The van der Waals surface area contributed by atoms with Gasteiger partial charge >= 0.3 is 0 Å². The second-order valence-corrected chi connectivity index (χ2v) is 5.47.